The summed E-state index contributed by atoms with van der Waals surface area (Å²) in [6.45, 7) is 1.87. The second-order valence-electron chi connectivity index (χ2n) is 7.54. The molecule has 1 unspecified atom stereocenters. The van der Waals surface area contributed by atoms with Crippen molar-refractivity contribution in [1.82, 2.24) is 0 Å². The molecule has 1 N–H and O–H groups in total. The predicted molar refractivity (Wildman–Crippen MR) is 123 cm³/mol. The number of methoxy groups -OCH3 is 1. The van der Waals surface area contributed by atoms with Gasteiger partial charge in [-0.15, -0.1) is 0 Å². The number of ether oxygens (including phenoxy) is 2. The molecule has 166 valence electrons. The fourth-order valence-corrected chi connectivity index (χ4v) is 4.83. The van der Waals surface area contributed by atoms with E-state index in [1.807, 2.05) is 31.2 Å². The molecule has 32 heavy (non-hydrogen) atoms. The van der Waals surface area contributed by atoms with Crippen molar-refractivity contribution in [2.24, 2.45) is 0 Å². The second kappa shape index (κ2) is 8.92. The van der Waals surface area contributed by atoms with Crippen molar-refractivity contribution in [2.45, 2.75) is 24.3 Å². The number of sulfonamides is 1. The number of carbonyl (C=O) groups excluding carboxylic acids is 1. The maximum atomic E-state index is 12.8. The largest absolute Gasteiger partial charge is 0.497 e. The van der Waals surface area contributed by atoms with Crippen LogP contribution < -0.4 is 19.1 Å². The highest BCUT2D eigenvalue weighted by molar-refractivity contribution is 7.92. The van der Waals surface area contributed by atoms with E-state index in [4.69, 9.17) is 9.47 Å². The van der Waals surface area contributed by atoms with Crippen LogP contribution in [0.25, 0.3) is 0 Å². The van der Waals surface area contributed by atoms with Crippen LogP contribution in [0.4, 0.5) is 11.4 Å². The Morgan fingerprint density at radius 2 is 1.78 bits per heavy atom. The molecule has 1 heterocycles. The fourth-order valence-electron chi connectivity index (χ4n) is 3.78. The first kappa shape index (κ1) is 21.7. The topological polar surface area (TPSA) is 84.9 Å². The second-order valence-corrected chi connectivity index (χ2v) is 9.23. The molecule has 1 atom stereocenters. The van der Waals surface area contributed by atoms with Crippen LogP contribution in [-0.2, 0) is 21.2 Å². The van der Waals surface area contributed by atoms with Gasteiger partial charge in [0.15, 0.2) is 6.61 Å². The van der Waals surface area contributed by atoms with Gasteiger partial charge in [-0.05, 0) is 61.4 Å². The van der Waals surface area contributed by atoms with Crippen LogP contribution in [-0.4, -0.2) is 34.1 Å². The number of anilines is 2. The van der Waals surface area contributed by atoms with Gasteiger partial charge in [-0.3, -0.25) is 9.52 Å². The molecule has 0 aromatic heterocycles. The van der Waals surface area contributed by atoms with Crippen LogP contribution >= 0.6 is 0 Å². The Hall–Kier alpha value is -3.52. The van der Waals surface area contributed by atoms with E-state index in [1.165, 1.54) is 31.4 Å². The van der Waals surface area contributed by atoms with Crippen LogP contribution in [0.5, 0.6) is 11.5 Å². The molecular formula is C24H24N2O5S. The summed E-state index contributed by atoms with van der Waals surface area (Å²) in [6.07, 6.45) is 0.814. The number of fused-ring (bicyclic) bond motifs is 1. The van der Waals surface area contributed by atoms with Gasteiger partial charge in [0, 0.05) is 17.8 Å². The van der Waals surface area contributed by atoms with Gasteiger partial charge in [0.25, 0.3) is 15.9 Å². The zero-order valence-corrected chi connectivity index (χ0v) is 18.6. The third-order valence-corrected chi connectivity index (χ3v) is 6.69. The first-order chi connectivity index (χ1) is 15.4. The van der Waals surface area contributed by atoms with Crippen molar-refractivity contribution in [3.05, 3.63) is 78.4 Å². The number of carbonyl (C=O) groups is 1. The van der Waals surface area contributed by atoms with Crippen molar-refractivity contribution in [2.75, 3.05) is 23.3 Å². The van der Waals surface area contributed by atoms with E-state index in [1.54, 1.807) is 29.2 Å². The van der Waals surface area contributed by atoms with E-state index in [0.29, 0.717) is 17.2 Å². The SMILES string of the molecule is COc1cccc(NS(=O)(=O)c2ccc(OCC(=O)N3c4ccccc4CC3C)cc2)c1. The lowest BCUT2D eigenvalue weighted by atomic mass is 10.1. The number of hydrogen-bond acceptors (Lipinski definition) is 5. The lowest BCUT2D eigenvalue weighted by Gasteiger charge is -2.22. The van der Waals surface area contributed by atoms with E-state index in [2.05, 4.69) is 4.72 Å². The summed E-state index contributed by atoms with van der Waals surface area (Å²) >= 11 is 0. The highest BCUT2D eigenvalue weighted by Gasteiger charge is 2.30. The average Bonchev–Trinajstić information content (AvgIpc) is 3.13. The molecule has 3 aromatic rings. The highest BCUT2D eigenvalue weighted by Crippen LogP contribution is 2.32. The van der Waals surface area contributed by atoms with Gasteiger partial charge < -0.3 is 14.4 Å². The van der Waals surface area contributed by atoms with Gasteiger partial charge in [-0.25, -0.2) is 8.42 Å². The highest BCUT2D eigenvalue weighted by atomic mass is 32.2. The summed E-state index contributed by atoms with van der Waals surface area (Å²) in [5.41, 5.74) is 2.46. The molecule has 0 saturated heterocycles. The summed E-state index contributed by atoms with van der Waals surface area (Å²) in [6, 6.07) is 20.5. The Morgan fingerprint density at radius 1 is 1.03 bits per heavy atom. The Bertz CT molecular complexity index is 1230. The number of hydrogen-bond donors (Lipinski definition) is 1. The van der Waals surface area contributed by atoms with Crippen molar-refractivity contribution in [3.63, 3.8) is 0 Å². The monoisotopic (exact) mass is 452 g/mol. The summed E-state index contributed by atoms with van der Waals surface area (Å²) in [7, 11) is -2.26. The molecule has 1 amide bonds. The lowest BCUT2D eigenvalue weighted by Crippen LogP contribution is -2.39. The van der Waals surface area contributed by atoms with Crippen LogP contribution in [0.15, 0.2) is 77.7 Å². The fraction of sp³-hybridized carbons (Fsp3) is 0.208. The van der Waals surface area contributed by atoms with Crippen molar-refractivity contribution < 1.29 is 22.7 Å². The lowest BCUT2D eigenvalue weighted by molar-refractivity contribution is -0.120. The van der Waals surface area contributed by atoms with Gasteiger partial charge in [-0.1, -0.05) is 24.3 Å². The van der Waals surface area contributed by atoms with Crippen LogP contribution in [0.2, 0.25) is 0 Å². The minimum atomic E-state index is -3.78. The molecular weight excluding hydrogens is 428 g/mol. The van der Waals surface area contributed by atoms with Crippen LogP contribution in [0.1, 0.15) is 12.5 Å². The third-order valence-electron chi connectivity index (χ3n) is 5.29. The van der Waals surface area contributed by atoms with E-state index >= 15 is 0 Å². The number of benzene rings is 3. The van der Waals surface area contributed by atoms with E-state index in [-0.39, 0.29) is 23.5 Å². The Labute approximate surface area is 187 Å². The van der Waals surface area contributed by atoms with Gasteiger partial charge in [0.05, 0.1) is 17.7 Å². The van der Waals surface area contributed by atoms with E-state index < -0.39 is 10.0 Å². The third kappa shape index (κ3) is 4.55. The first-order valence-corrected chi connectivity index (χ1v) is 11.7. The van der Waals surface area contributed by atoms with Gasteiger partial charge in [-0.2, -0.15) is 0 Å². The molecule has 1 aliphatic rings. The first-order valence-electron chi connectivity index (χ1n) is 10.2. The molecule has 3 aromatic carbocycles. The maximum absolute atomic E-state index is 12.8. The average molecular weight is 453 g/mol. The van der Waals surface area contributed by atoms with Crippen LogP contribution in [0, 0.1) is 0 Å². The molecule has 0 spiro atoms. The summed E-state index contributed by atoms with van der Waals surface area (Å²) in [5.74, 6) is 0.825. The molecule has 0 radical (unpaired) electrons. The molecule has 7 nitrogen and oxygen atoms in total. The molecule has 0 fully saturated rings. The normalized spacial score (nSPS) is 15.2. The van der Waals surface area contributed by atoms with E-state index in [9.17, 15) is 13.2 Å². The number of nitrogens with one attached hydrogen (secondary N) is 1. The Kier molecular flexibility index (Phi) is 6.05. The molecule has 0 bridgehead atoms. The van der Waals surface area contributed by atoms with Gasteiger partial charge >= 0.3 is 0 Å². The standard InChI is InChI=1S/C24H24N2O5S/c1-17-14-18-6-3-4-9-23(18)26(17)24(27)16-31-20-10-12-22(13-11-20)32(28,29)25-19-7-5-8-21(15-19)30-2/h3-13,15,17,25H,14,16H2,1-2H3. The zero-order valence-electron chi connectivity index (χ0n) is 17.8. The van der Waals surface area contributed by atoms with Gasteiger partial charge in [0.1, 0.15) is 11.5 Å². The number of rotatable bonds is 7. The minimum absolute atomic E-state index is 0.0682. The quantitative estimate of drug-likeness (QED) is 0.589. The molecule has 0 saturated carbocycles. The number of nitrogens with zero attached hydrogens (tertiary/aromatic N) is 1. The molecule has 8 heteroatoms. The molecule has 4 rings (SSSR count). The smallest absolute Gasteiger partial charge is 0.265 e. The maximum Gasteiger partial charge on any atom is 0.265 e. The summed E-state index contributed by atoms with van der Waals surface area (Å²) < 4.78 is 38.6. The Balaban J connectivity index is 1.40. The van der Waals surface area contributed by atoms with E-state index in [0.717, 1.165) is 17.7 Å². The Morgan fingerprint density at radius 3 is 2.53 bits per heavy atom. The van der Waals surface area contributed by atoms with Crippen molar-refractivity contribution in [1.29, 1.82) is 0 Å². The number of amides is 1. The number of para-hydroxylation sites is 1. The summed E-state index contributed by atoms with van der Waals surface area (Å²) in [4.78, 5) is 14.6. The van der Waals surface area contributed by atoms with Crippen molar-refractivity contribution in [3.8, 4) is 11.5 Å². The van der Waals surface area contributed by atoms with Crippen molar-refractivity contribution >= 4 is 27.3 Å². The van der Waals surface area contributed by atoms with Crippen LogP contribution in [0.3, 0.4) is 0 Å². The zero-order chi connectivity index (χ0) is 22.7. The predicted octanol–water partition coefficient (Wildman–Crippen LogP) is 3.85. The van der Waals surface area contributed by atoms with Gasteiger partial charge in [0.2, 0.25) is 0 Å². The minimum Gasteiger partial charge on any atom is -0.497 e. The molecule has 1 aliphatic heterocycles. The summed E-state index contributed by atoms with van der Waals surface area (Å²) in [5, 5.41) is 0. The molecule has 0 aliphatic carbocycles.